The highest BCUT2D eigenvalue weighted by atomic mass is 16.5. The molecule has 1 saturated heterocycles. The lowest BCUT2D eigenvalue weighted by molar-refractivity contribution is 0.0836. The highest BCUT2D eigenvalue weighted by Crippen LogP contribution is 2.32. The van der Waals surface area contributed by atoms with Gasteiger partial charge in [-0.3, -0.25) is 9.36 Å². The molecule has 0 spiro atoms. The Morgan fingerprint density at radius 3 is 2.62 bits per heavy atom. The second-order valence-electron chi connectivity index (χ2n) is 6.16. The zero-order valence-corrected chi connectivity index (χ0v) is 13.9. The van der Waals surface area contributed by atoms with E-state index in [-0.39, 0.29) is 11.8 Å². The Hall–Kier alpha value is -2.41. The normalized spacial score (nSPS) is 20.4. The zero-order valence-electron chi connectivity index (χ0n) is 13.9. The molecule has 24 heavy (non-hydrogen) atoms. The second-order valence-corrected chi connectivity index (χ2v) is 6.16. The third kappa shape index (κ3) is 2.99. The van der Waals surface area contributed by atoms with E-state index in [1.54, 1.807) is 28.8 Å². The summed E-state index contributed by atoms with van der Waals surface area (Å²) in [5, 5.41) is 4.52. The van der Waals surface area contributed by atoms with E-state index in [4.69, 9.17) is 10.5 Å². The van der Waals surface area contributed by atoms with Crippen LogP contribution in [0.5, 0.6) is 0 Å². The first-order valence-corrected chi connectivity index (χ1v) is 8.19. The lowest BCUT2D eigenvalue weighted by Crippen LogP contribution is -2.26. The summed E-state index contributed by atoms with van der Waals surface area (Å²) >= 11 is 0. The molecule has 1 aliphatic heterocycles. The molecule has 1 amide bonds. The summed E-state index contributed by atoms with van der Waals surface area (Å²) in [6, 6.07) is 6.88. The number of rotatable bonds is 5. The predicted octanol–water partition coefficient (Wildman–Crippen LogP) is 1.31. The molecule has 0 radical (unpaired) electrons. The minimum Gasteiger partial charge on any atom is -0.370 e. The summed E-state index contributed by atoms with van der Waals surface area (Å²) in [7, 11) is 0. The summed E-state index contributed by atoms with van der Waals surface area (Å²) in [5.74, 6) is 0.574. The fraction of sp³-hybridized carbons (Fsp3) is 0.471. The van der Waals surface area contributed by atoms with Gasteiger partial charge in [0.1, 0.15) is 6.10 Å². The Morgan fingerprint density at radius 1 is 1.38 bits per heavy atom. The maximum absolute atomic E-state index is 12.6. The van der Waals surface area contributed by atoms with Crippen molar-refractivity contribution in [3.63, 3.8) is 0 Å². The van der Waals surface area contributed by atoms with Crippen LogP contribution in [0, 0.1) is 5.92 Å². The molecule has 7 heteroatoms. The van der Waals surface area contributed by atoms with Crippen LogP contribution in [0.4, 0.5) is 0 Å². The quantitative estimate of drug-likeness (QED) is 0.894. The summed E-state index contributed by atoms with van der Waals surface area (Å²) < 4.78 is 8.89. The van der Waals surface area contributed by atoms with Crippen molar-refractivity contribution in [2.24, 2.45) is 11.7 Å². The lowest BCUT2D eigenvalue weighted by atomic mass is 10.0. The molecule has 0 saturated carbocycles. The molecule has 2 atom stereocenters. The van der Waals surface area contributed by atoms with Crippen LogP contribution in [-0.2, 0) is 17.8 Å². The van der Waals surface area contributed by atoms with Crippen molar-refractivity contribution in [2.45, 2.75) is 39.5 Å². The first-order chi connectivity index (χ1) is 11.5. The molecule has 0 bridgehead atoms. The Kier molecular flexibility index (Phi) is 4.53. The summed E-state index contributed by atoms with van der Waals surface area (Å²) in [4.78, 5) is 23.7. The highest BCUT2D eigenvalue weighted by Gasteiger charge is 2.31. The van der Waals surface area contributed by atoms with E-state index in [9.17, 15) is 9.59 Å². The van der Waals surface area contributed by atoms with Gasteiger partial charge in [0.05, 0.1) is 6.54 Å². The Morgan fingerprint density at radius 2 is 2.08 bits per heavy atom. The Bertz CT molecular complexity index is 791. The molecule has 128 valence electrons. The second kappa shape index (κ2) is 6.60. The molecule has 0 aliphatic carbocycles. The first-order valence-electron chi connectivity index (χ1n) is 8.19. The van der Waals surface area contributed by atoms with Gasteiger partial charge in [0, 0.05) is 18.7 Å². The summed E-state index contributed by atoms with van der Waals surface area (Å²) in [6.45, 7) is 5.65. The molecule has 1 aromatic carbocycles. The smallest absolute Gasteiger partial charge is 0.346 e. The third-order valence-corrected chi connectivity index (χ3v) is 4.48. The average Bonchev–Trinajstić information content (AvgIpc) is 3.11. The van der Waals surface area contributed by atoms with Crippen molar-refractivity contribution in [1.29, 1.82) is 0 Å². The minimum absolute atomic E-state index is 0.129. The minimum atomic E-state index is -0.469. The van der Waals surface area contributed by atoms with Crippen LogP contribution in [0.1, 0.15) is 48.1 Å². The molecular formula is C17H22N4O3. The number of carbonyl (C=O) groups excluding carboxylic acids is 1. The van der Waals surface area contributed by atoms with Gasteiger partial charge in [0.2, 0.25) is 5.91 Å². The van der Waals surface area contributed by atoms with Gasteiger partial charge in [-0.1, -0.05) is 19.1 Å². The SMILES string of the molecule is CCn1c([C@H]2OCC[C@H]2C)nn(Cc2ccc(C(N)=O)cc2)c1=O. The number of primary amides is 1. The van der Waals surface area contributed by atoms with Gasteiger partial charge in [-0.25, -0.2) is 9.48 Å². The van der Waals surface area contributed by atoms with Gasteiger partial charge in [0.15, 0.2) is 5.82 Å². The van der Waals surface area contributed by atoms with Crippen molar-refractivity contribution in [1.82, 2.24) is 14.3 Å². The molecule has 1 fully saturated rings. The van der Waals surface area contributed by atoms with Gasteiger partial charge in [-0.05, 0) is 37.0 Å². The number of aromatic nitrogens is 3. The van der Waals surface area contributed by atoms with Gasteiger partial charge in [-0.15, -0.1) is 0 Å². The molecule has 7 nitrogen and oxygen atoms in total. The third-order valence-electron chi connectivity index (χ3n) is 4.48. The van der Waals surface area contributed by atoms with Crippen molar-refractivity contribution in [2.75, 3.05) is 6.61 Å². The predicted molar refractivity (Wildman–Crippen MR) is 88.7 cm³/mol. The summed E-state index contributed by atoms with van der Waals surface area (Å²) in [6.07, 6.45) is 0.848. The van der Waals surface area contributed by atoms with Crippen LogP contribution < -0.4 is 11.4 Å². The molecule has 2 aromatic rings. The van der Waals surface area contributed by atoms with Crippen LogP contribution >= 0.6 is 0 Å². The van der Waals surface area contributed by atoms with Crippen LogP contribution in [0.15, 0.2) is 29.1 Å². The molecule has 3 rings (SSSR count). The zero-order chi connectivity index (χ0) is 17.3. The number of ether oxygens (including phenoxy) is 1. The van der Waals surface area contributed by atoms with Crippen molar-refractivity contribution < 1.29 is 9.53 Å². The van der Waals surface area contributed by atoms with E-state index in [1.807, 2.05) is 6.92 Å². The number of nitrogens with two attached hydrogens (primary N) is 1. The van der Waals surface area contributed by atoms with Crippen LogP contribution in [0.2, 0.25) is 0 Å². The monoisotopic (exact) mass is 330 g/mol. The van der Waals surface area contributed by atoms with Gasteiger partial charge in [0.25, 0.3) is 0 Å². The molecule has 2 N–H and O–H groups in total. The number of carbonyl (C=O) groups is 1. The van der Waals surface area contributed by atoms with Crippen molar-refractivity contribution >= 4 is 5.91 Å². The largest absolute Gasteiger partial charge is 0.370 e. The van der Waals surface area contributed by atoms with Crippen molar-refractivity contribution in [3.8, 4) is 0 Å². The maximum atomic E-state index is 12.6. The lowest BCUT2D eigenvalue weighted by Gasteiger charge is -2.13. The Balaban J connectivity index is 1.89. The molecule has 0 unspecified atom stereocenters. The highest BCUT2D eigenvalue weighted by molar-refractivity contribution is 5.92. The van der Waals surface area contributed by atoms with Gasteiger partial charge >= 0.3 is 5.69 Å². The van der Waals surface area contributed by atoms with Crippen LogP contribution in [0.3, 0.4) is 0 Å². The number of hydrogen-bond acceptors (Lipinski definition) is 4. The van der Waals surface area contributed by atoms with E-state index in [1.165, 1.54) is 4.68 Å². The van der Waals surface area contributed by atoms with Gasteiger partial charge in [-0.2, -0.15) is 5.10 Å². The fourth-order valence-electron chi connectivity index (χ4n) is 3.04. The van der Waals surface area contributed by atoms with Crippen LogP contribution in [0.25, 0.3) is 0 Å². The van der Waals surface area contributed by atoms with Crippen molar-refractivity contribution in [3.05, 3.63) is 51.7 Å². The molecule has 1 aromatic heterocycles. The number of nitrogens with zero attached hydrogens (tertiary/aromatic N) is 3. The van der Waals surface area contributed by atoms with E-state index in [2.05, 4.69) is 12.0 Å². The molecule has 1 aliphatic rings. The fourth-order valence-corrected chi connectivity index (χ4v) is 3.04. The molecular weight excluding hydrogens is 308 g/mol. The molecule has 2 heterocycles. The number of hydrogen-bond donors (Lipinski definition) is 1. The van der Waals surface area contributed by atoms with Gasteiger partial charge < -0.3 is 10.5 Å². The average molecular weight is 330 g/mol. The van der Waals surface area contributed by atoms with E-state index >= 15 is 0 Å². The van der Waals surface area contributed by atoms with Crippen LogP contribution in [-0.4, -0.2) is 26.9 Å². The summed E-state index contributed by atoms with van der Waals surface area (Å²) in [5.41, 5.74) is 6.42. The maximum Gasteiger partial charge on any atom is 0.346 e. The Labute approximate surface area is 140 Å². The van der Waals surface area contributed by atoms with E-state index in [0.717, 1.165) is 12.0 Å². The number of amides is 1. The topological polar surface area (TPSA) is 92.1 Å². The number of benzene rings is 1. The van der Waals surface area contributed by atoms with E-state index in [0.29, 0.717) is 37.0 Å². The standard InChI is InChI=1S/C17H22N4O3/c1-3-20-16(14-11(2)8-9-24-14)19-21(17(20)23)10-12-4-6-13(7-5-12)15(18)22/h4-7,11,14H,3,8-10H2,1-2H3,(H2,18,22)/t11-,14+/m1/s1. The first kappa shape index (κ1) is 16.4. The van der Waals surface area contributed by atoms with E-state index < -0.39 is 5.91 Å².